The fourth-order valence-corrected chi connectivity index (χ4v) is 5.15. The second kappa shape index (κ2) is 7.74. The topological polar surface area (TPSA) is 71.0 Å². The van der Waals surface area contributed by atoms with Crippen molar-refractivity contribution >= 4 is 5.91 Å². The van der Waals surface area contributed by atoms with Gasteiger partial charge in [-0.15, -0.1) is 0 Å². The number of nitrogens with one attached hydrogen (secondary N) is 3. The molecular weight excluding hydrogens is 388 g/mol. The third kappa shape index (κ3) is 3.63. The molecule has 5 rings (SSSR count). The largest absolute Gasteiger partial charge is 0.353 e. The maximum atomic E-state index is 14.1. The monoisotopic (exact) mass is 415 g/mol. The van der Waals surface area contributed by atoms with Gasteiger partial charge in [-0.3, -0.25) is 4.79 Å². The number of carbonyl (C=O) groups is 1. The first-order valence-corrected chi connectivity index (χ1v) is 10.8. The molecule has 1 aliphatic carbocycles. The van der Waals surface area contributed by atoms with E-state index >= 15 is 0 Å². The summed E-state index contributed by atoms with van der Waals surface area (Å²) in [5.41, 5.74) is 0.505. The molecule has 1 unspecified atom stereocenters. The Morgan fingerprint density at radius 2 is 1.97 bits per heavy atom. The zero-order valence-corrected chi connectivity index (χ0v) is 16.9. The molecule has 1 saturated heterocycles. The number of aromatic nitrogens is 2. The van der Waals surface area contributed by atoms with E-state index in [9.17, 15) is 13.6 Å². The van der Waals surface area contributed by atoms with Crippen molar-refractivity contribution in [1.29, 1.82) is 0 Å². The van der Waals surface area contributed by atoms with E-state index in [0.29, 0.717) is 29.9 Å². The second-order valence-electron chi connectivity index (χ2n) is 8.76. The minimum Gasteiger partial charge on any atom is -0.353 e. The maximum absolute atomic E-state index is 14.1. The number of piperazine rings is 1. The highest BCUT2D eigenvalue weighted by atomic mass is 19.1. The average molecular weight is 415 g/mol. The lowest BCUT2D eigenvalue weighted by Gasteiger charge is -2.43. The summed E-state index contributed by atoms with van der Waals surface area (Å²) in [6.07, 6.45) is 7.32. The molecule has 30 heavy (non-hydrogen) atoms. The number of fused-ring (bicyclic) bond motifs is 1. The third-order valence-corrected chi connectivity index (χ3v) is 6.82. The van der Waals surface area contributed by atoms with Crippen LogP contribution in [0.4, 0.5) is 8.78 Å². The predicted octanol–water partition coefficient (Wildman–Crippen LogP) is 2.13. The molecule has 3 heterocycles. The van der Waals surface area contributed by atoms with Crippen molar-refractivity contribution in [1.82, 2.24) is 25.5 Å². The zero-order valence-electron chi connectivity index (χ0n) is 16.9. The summed E-state index contributed by atoms with van der Waals surface area (Å²) in [6.45, 7) is 2.33. The number of benzene rings is 1. The lowest BCUT2D eigenvalue weighted by molar-refractivity contribution is -0.131. The number of amides is 1. The first-order chi connectivity index (χ1) is 14.5. The maximum Gasteiger partial charge on any atom is 0.240 e. The highest BCUT2D eigenvalue weighted by Gasteiger charge is 2.43. The summed E-state index contributed by atoms with van der Waals surface area (Å²) in [4.78, 5) is 16.9. The predicted molar refractivity (Wildman–Crippen MR) is 109 cm³/mol. The quantitative estimate of drug-likeness (QED) is 0.718. The third-order valence-electron chi connectivity index (χ3n) is 6.82. The molecule has 1 saturated carbocycles. The minimum absolute atomic E-state index is 0.147. The Kier molecular flexibility index (Phi) is 5.06. The summed E-state index contributed by atoms with van der Waals surface area (Å²) < 4.78 is 29.4. The first-order valence-electron chi connectivity index (χ1n) is 10.8. The molecule has 160 valence electrons. The molecule has 0 bridgehead atoms. The van der Waals surface area contributed by atoms with Crippen LogP contribution < -0.4 is 16.0 Å². The van der Waals surface area contributed by atoms with Crippen LogP contribution in [0.25, 0.3) is 11.3 Å². The average Bonchev–Trinajstić information content (AvgIpc) is 3.15. The molecule has 8 heteroatoms. The fraction of sp³-hybridized carbons (Fsp3) is 0.545. The number of nitrogens with zero attached hydrogens (tertiary/aromatic N) is 2. The fourth-order valence-electron chi connectivity index (χ4n) is 5.15. The Balaban J connectivity index is 1.22. The molecule has 2 aliphatic heterocycles. The molecule has 2 fully saturated rings. The Morgan fingerprint density at radius 3 is 2.73 bits per heavy atom. The summed E-state index contributed by atoms with van der Waals surface area (Å²) >= 11 is 0. The van der Waals surface area contributed by atoms with Crippen LogP contribution in [0, 0.1) is 11.6 Å². The molecule has 0 radical (unpaired) electrons. The van der Waals surface area contributed by atoms with Crippen LogP contribution >= 0.6 is 0 Å². The van der Waals surface area contributed by atoms with E-state index in [1.54, 1.807) is 0 Å². The van der Waals surface area contributed by atoms with Gasteiger partial charge in [-0.05, 0) is 44.2 Å². The van der Waals surface area contributed by atoms with Gasteiger partial charge in [-0.2, -0.15) is 0 Å². The van der Waals surface area contributed by atoms with Crippen molar-refractivity contribution in [3.8, 4) is 11.3 Å². The van der Waals surface area contributed by atoms with E-state index in [4.69, 9.17) is 0 Å². The highest BCUT2D eigenvalue weighted by molar-refractivity contribution is 5.87. The minimum atomic E-state index is -0.586. The number of carbonyl (C=O) groups excluding carboxylic acids is 1. The molecule has 2 aromatic rings. The van der Waals surface area contributed by atoms with Crippen LogP contribution in [0.3, 0.4) is 0 Å². The van der Waals surface area contributed by atoms with Crippen molar-refractivity contribution in [2.24, 2.45) is 0 Å². The standard InChI is InChI=1S/C22H27F2N5O/c23-14-1-3-17(18(24)11-14)19-13-29-12-16(2-4-20(29)28-19)27-15-5-7-22(8-6-15)21(30)25-9-10-26-22/h1,3,11,13,15-16,26-27H,2,4-10,12H2,(H,25,30). The number of hydrogen-bond acceptors (Lipinski definition) is 4. The van der Waals surface area contributed by atoms with Crippen LogP contribution in [0.15, 0.2) is 24.4 Å². The second-order valence-corrected chi connectivity index (χ2v) is 8.76. The highest BCUT2D eigenvalue weighted by Crippen LogP contribution is 2.31. The number of imidazole rings is 1. The van der Waals surface area contributed by atoms with E-state index in [2.05, 4.69) is 25.5 Å². The van der Waals surface area contributed by atoms with Crippen molar-refractivity contribution in [2.45, 2.75) is 62.7 Å². The van der Waals surface area contributed by atoms with E-state index in [1.165, 1.54) is 12.1 Å². The SMILES string of the molecule is O=C1NCCNC12CCC(NC1CCc3nc(-c4ccc(F)cc4F)cn3C1)CC2. The van der Waals surface area contributed by atoms with Crippen LogP contribution in [0.2, 0.25) is 0 Å². The van der Waals surface area contributed by atoms with Crippen LogP contribution in [-0.4, -0.2) is 46.2 Å². The van der Waals surface area contributed by atoms with Gasteiger partial charge < -0.3 is 20.5 Å². The van der Waals surface area contributed by atoms with Gasteiger partial charge >= 0.3 is 0 Å². The van der Waals surface area contributed by atoms with Gasteiger partial charge in [-0.1, -0.05) is 0 Å². The van der Waals surface area contributed by atoms with Gasteiger partial charge in [0.15, 0.2) is 0 Å². The lowest BCUT2D eigenvalue weighted by atomic mass is 9.77. The summed E-state index contributed by atoms with van der Waals surface area (Å²) in [5.74, 6) is -0.0813. The van der Waals surface area contributed by atoms with Gasteiger partial charge in [0.2, 0.25) is 5.91 Å². The Morgan fingerprint density at radius 1 is 1.13 bits per heavy atom. The molecule has 3 N–H and O–H groups in total. The van der Waals surface area contributed by atoms with E-state index in [-0.39, 0.29) is 11.4 Å². The Bertz CT molecular complexity index is 951. The molecule has 1 aromatic carbocycles. The van der Waals surface area contributed by atoms with E-state index in [0.717, 1.165) is 63.5 Å². The van der Waals surface area contributed by atoms with Gasteiger partial charge in [0.1, 0.15) is 17.5 Å². The first kappa shape index (κ1) is 19.6. The van der Waals surface area contributed by atoms with Crippen LogP contribution in [-0.2, 0) is 17.8 Å². The summed E-state index contributed by atoms with van der Waals surface area (Å²) in [6, 6.07) is 4.33. The van der Waals surface area contributed by atoms with Crippen LogP contribution in [0.5, 0.6) is 0 Å². The number of rotatable bonds is 3. The molecule has 6 nitrogen and oxygen atoms in total. The normalized spacial score (nSPS) is 28.9. The molecular formula is C22H27F2N5O. The van der Waals surface area contributed by atoms with Crippen molar-refractivity contribution < 1.29 is 13.6 Å². The number of hydrogen-bond donors (Lipinski definition) is 3. The molecule has 1 aromatic heterocycles. The Hall–Kier alpha value is -2.32. The van der Waals surface area contributed by atoms with E-state index < -0.39 is 11.6 Å². The summed E-state index contributed by atoms with van der Waals surface area (Å²) in [7, 11) is 0. The smallest absolute Gasteiger partial charge is 0.240 e. The van der Waals surface area contributed by atoms with Gasteiger partial charge in [-0.25, -0.2) is 13.8 Å². The molecule has 1 amide bonds. The molecule has 3 aliphatic rings. The lowest BCUT2D eigenvalue weighted by Crippen LogP contribution is -2.65. The molecule has 1 spiro atoms. The van der Waals surface area contributed by atoms with Crippen molar-refractivity contribution in [2.75, 3.05) is 13.1 Å². The number of aryl methyl sites for hydroxylation is 1. The van der Waals surface area contributed by atoms with Gasteiger partial charge in [0, 0.05) is 56.0 Å². The Labute approximate surface area is 174 Å². The molecule has 1 atom stereocenters. The van der Waals surface area contributed by atoms with E-state index in [1.807, 2.05) is 6.20 Å². The zero-order chi connectivity index (χ0) is 20.7. The van der Waals surface area contributed by atoms with Crippen molar-refractivity contribution in [3.05, 3.63) is 41.9 Å². The number of halogens is 2. The van der Waals surface area contributed by atoms with Gasteiger partial charge in [0.25, 0.3) is 0 Å². The summed E-state index contributed by atoms with van der Waals surface area (Å²) in [5, 5.41) is 10.2. The van der Waals surface area contributed by atoms with Crippen LogP contribution in [0.1, 0.15) is 37.9 Å². The van der Waals surface area contributed by atoms with Crippen molar-refractivity contribution in [3.63, 3.8) is 0 Å². The van der Waals surface area contributed by atoms with Gasteiger partial charge in [0.05, 0.1) is 11.2 Å².